The van der Waals surface area contributed by atoms with Crippen LogP contribution in [0.3, 0.4) is 0 Å². The summed E-state index contributed by atoms with van der Waals surface area (Å²) in [5, 5.41) is 0. The third kappa shape index (κ3) is 1.86. The summed E-state index contributed by atoms with van der Waals surface area (Å²) in [6.07, 6.45) is -0.471. The SMILES string of the molecule is O=[SH](=O)OC1CO1. The van der Waals surface area contributed by atoms with Gasteiger partial charge in [-0.15, -0.1) is 0 Å². The first-order valence-corrected chi connectivity index (χ1v) is 2.81. The second kappa shape index (κ2) is 1.77. The Morgan fingerprint density at radius 3 is 2.43 bits per heavy atom. The fourth-order valence-electron chi connectivity index (χ4n) is 0.196. The highest BCUT2D eigenvalue weighted by Gasteiger charge is 2.24. The zero-order valence-electron chi connectivity index (χ0n) is 3.36. The summed E-state index contributed by atoms with van der Waals surface area (Å²) in [6.45, 7) is 0.406. The lowest BCUT2D eigenvalue weighted by molar-refractivity contribution is 0.193. The van der Waals surface area contributed by atoms with Gasteiger partial charge in [0.05, 0.1) is 0 Å². The Morgan fingerprint density at radius 1 is 1.71 bits per heavy atom. The number of hydrogen-bond acceptors (Lipinski definition) is 4. The molecule has 42 valence electrons. The van der Waals surface area contributed by atoms with Gasteiger partial charge in [-0.2, -0.15) is 0 Å². The molecule has 1 atom stereocenters. The molecule has 0 bridgehead atoms. The van der Waals surface area contributed by atoms with Gasteiger partial charge in [-0.05, 0) is 0 Å². The number of ether oxygens (including phenoxy) is 1. The Hall–Kier alpha value is -0.130. The topological polar surface area (TPSA) is 55.9 Å². The van der Waals surface area contributed by atoms with Crippen molar-refractivity contribution in [3.05, 3.63) is 0 Å². The first-order valence-electron chi connectivity index (χ1n) is 1.72. The minimum absolute atomic E-state index is 0.406. The predicted octanol–water partition coefficient (Wildman–Crippen LogP) is -1.11. The molecule has 5 heteroatoms. The minimum Gasteiger partial charge on any atom is -0.344 e. The number of thiol groups is 1. The molecule has 0 radical (unpaired) electrons. The molecule has 1 aliphatic heterocycles. The van der Waals surface area contributed by atoms with Gasteiger partial charge in [0, 0.05) is 0 Å². The van der Waals surface area contributed by atoms with Gasteiger partial charge >= 0.3 is 0 Å². The first-order chi connectivity index (χ1) is 3.29. The molecule has 1 fully saturated rings. The highest BCUT2D eigenvalue weighted by molar-refractivity contribution is 7.67. The molecule has 4 nitrogen and oxygen atoms in total. The van der Waals surface area contributed by atoms with Crippen LogP contribution >= 0.6 is 0 Å². The van der Waals surface area contributed by atoms with Gasteiger partial charge in [0.1, 0.15) is 6.61 Å². The van der Waals surface area contributed by atoms with Crippen LogP contribution in [0, 0.1) is 0 Å². The number of hydrogen-bond donors (Lipinski definition) is 1. The van der Waals surface area contributed by atoms with Crippen molar-refractivity contribution in [2.75, 3.05) is 6.61 Å². The Bertz CT molecular complexity index is 116. The average Bonchev–Trinajstić information content (AvgIpc) is 2.17. The van der Waals surface area contributed by atoms with Crippen LogP contribution in [0.2, 0.25) is 0 Å². The van der Waals surface area contributed by atoms with Gasteiger partial charge in [-0.3, -0.25) is 0 Å². The molecule has 0 aliphatic carbocycles. The zero-order valence-corrected chi connectivity index (χ0v) is 4.26. The van der Waals surface area contributed by atoms with Crippen molar-refractivity contribution >= 4 is 11.0 Å². The summed E-state index contributed by atoms with van der Waals surface area (Å²) in [7, 11) is -2.70. The maximum Gasteiger partial charge on any atom is 0.259 e. The van der Waals surface area contributed by atoms with Gasteiger partial charge in [-0.1, -0.05) is 0 Å². The summed E-state index contributed by atoms with van der Waals surface area (Å²) in [5.74, 6) is 0. The van der Waals surface area contributed by atoms with Gasteiger partial charge in [0.15, 0.2) is 6.29 Å². The van der Waals surface area contributed by atoms with Crippen LogP contribution in [0.1, 0.15) is 0 Å². The molecule has 0 aromatic heterocycles. The van der Waals surface area contributed by atoms with Gasteiger partial charge < -0.3 is 4.74 Å². The lowest BCUT2D eigenvalue weighted by atomic mass is 10.9. The monoisotopic (exact) mass is 124 g/mol. The highest BCUT2D eigenvalue weighted by atomic mass is 32.2. The molecular formula is C2H4O4S. The second-order valence-corrected chi connectivity index (χ2v) is 1.75. The van der Waals surface area contributed by atoms with E-state index in [1.807, 2.05) is 0 Å². The summed E-state index contributed by atoms with van der Waals surface area (Å²) >= 11 is 0. The molecule has 0 saturated carbocycles. The smallest absolute Gasteiger partial charge is 0.259 e. The third-order valence-electron chi connectivity index (χ3n) is 0.506. The van der Waals surface area contributed by atoms with Crippen molar-refractivity contribution in [2.45, 2.75) is 6.29 Å². The lowest BCUT2D eigenvalue weighted by Crippen LogP contribution is -1.90. The summed E-state index contributed by atoms with van der Waals surface area (Å²) in [5.41, 5.74) is 0. The molecule has 1 unspecified atom stereocenters. The van der Waals surface area contributed by atoms with Gasteiger partial charge in [-0.25, -0.2) is 12.6 Å². The molecule has 0 N–H and O–H groups in total. The summed E-state index contributed by atoms with van der Waals surface area (Å²) in [4.78, 5) is 0. The second-order valence-electron chi connectivity index (χ2n) is 1.09. The van der Waals surface area contributed by atoms with Gasteiger partial charge in [0.25, 0.3) is 11.0 Å². The van der Waals surface area contributed by atoms with Crippen LogP contribution in [-0.4, -0.2) is 21.3 Å². The van der Waals surface area contributed by atoms with E-state index in [2.05, 4.69) is 8.92 Å². The van der Waals surface area contributed by atoms with Crippen molar-refractivity contribution < 1.29 is 17.3 Å². The Kier molecular flexibility index (Phi) is 1.27. The average molecular weight is 124 g/mol. The Labute approximate surface area is 42.2 Å². The standard InChI is InChI=1S/C2H4O4S/c3-7(4)6-2-1-5-2/h2,7H,1H2. The van der Waals surface area contributed by atoms with Crippen molar-refractivity contribution in [3.8, 4) is 0 Å². The van der Waals surface area contributed by atoms with Crippen LogP contribution in [0.25, 0.3) is 0 Å². The summed E-state index contributed by atoms with van der Waals surface area (Å²) < 4.78 is 27.7. The largest absolute Gasteiger partial charge is 0.344 e. The molecule has 1 aliphatic rings. The van der Waals surface area contributed by atoms with Crippen LogP contribution in [0.15, 0.2) is 0 Å². The molecule has 0 aromatic carbocycles. The quantitative estimate of drug-likeness (QED) is 0.374. The maximum atomic E-state index is 9.58. The highest BCUT2D eigenvalue weighted by Crippen LogP contribution is 2.08. The van der Waals surface area contributed by atoms with E-state index in [0.29, 0.717) is 6.61 Å². The minimum atomic E-state index is -2.70. The molecule has 7 heavy (non-hydrogen) atoms. The van der Waals surface area contributed by atoms with Crippen molar-refractivity contribution in [1.82, 2.24) is 0 Å². The fraction of sp³-hybridized carbons (Fsp3) is 1.00. The lowest BCUT2D eigenvalue weighted by Gasteiger charge is -1.78. The third-order valence-corrected chi connectivity index (χ3v) is 0.914. The van der Waals surface area contributed by atoms with E-state index in [1.165, 1.54) is 0 Å². The van der Waals surface area contributed by atoms with E-state index in [-0.39, 0.29) is 0 Å². The van der Waals surface area contributed by atoms with Crippen LogP contribution < -0.4 is 0 Å². The normalized spacial score (nSPS) is 28.4. The van der Waals surface area contributed by atoms with E-state index in [9.17, 15) is 8.42 Å². The molecule has 0 spiro atoms. The van der Waals surface area contributed by atoms with Crippen LogP contribution in [0.5, 0.6) is 0 Å². The summed E-state index contributed by atoms with van der Waals surface area (Å²) in [6, 6.07) is 0. The Morgan fingerprint density at radius 2 is 2.29 bits per heavy atom. The molecule has 0 amide bonds. The first kappa shape index (κ1) is 5.02. The van der Waals surface area contributed by atoms with Gasteiger partial charge in [0.2, 0.25) is 0 Å². The fourth-order valence-corrected chi connectivity index (χ4v) is 0.510. The van der Waals surface area contributed by atoms with E-state index >= 15 is 0 Å². The number of epoxide rings is 1. The molecular weight excluding hydrogens is 120 g/mol. The van der Waals surface area contributed by atoms with Crippen molar-refractivity contribution in [3.63, 3.8) is 0 Å². The number of rotatable bonds is 2. The molecule has 0 aromatic rings. The predicted molar refractivity (Wildman–Crippen MR) is 21.1 cm³/mol. The maximum absolute atomic E-state index is 9.58. The van der Waals surface area contributed by atoms with E-state index < -0.39 is 17.3 Å². The van der Waals surface area contributed by atoms with E-state index in [0.717, 1.165) is 0 Å². The van der Waals surface area contributed by atoms with Crippen molar-refractivity contribution in [2.24, 2.45) is 0 Å². The molecule has 1 saturated heterocycles. The van der Waals surface area contributed by atoms with Crippen LogP contribution in [0.4, 0.5) is 0 Å². The zero-order chi connectivity index (χ0) is 5.28. The van der Waals surface area contributed by atoms with Crippen molar-refractivity contribution in [1.29, 1.82) is 0 Å². The Balaban J connectivity index is 2.21. The van der Waals surface area contributed by atoms with E-state index in [4.69, 9.17) is 0 Å². The molecule has 1 heterocycles. The molecule has 1 rings (SSSR count). The van der Waals surface area contributed by atoms with E-state index in [1.54, 1.807) is 0 Å². The van der Waals surface area contributed by atoms with Crippen LogP contribution in [-0.2, 0) is 19.9 Å².